The lowest BCUT2D eigenvalue weighted by molar-refractivity contribution is -0.159. The number of carbonyl (C=O) groups is 2. The van der Waals surface area contributed by atoms with Crippen LogP contribution in [0.5, 0.6) is 0 Å². The Morgan fingerprint density at radius 3 is 2.13 bits per heavy atom. The molecule has 9 heteroatoms. The van der Waals surface area contributed by atoms with Gasteiger partial charge in [0.1, 0.15) is 18.8 Å². The molecule has 0 saturated carbocycles. The maximum Gasteiger partial charge on any atom is 0.426 e. The molecule has 0 N–H and O–H groups in total. The van der Waals surface area contributed by atoms with Crippen LogP contribution in [0.15, 0.2) is 48.5 Å². The number of ether oxygens (including phenoxy) is 2. The van der Waals surface area contributed by atoms with Gasteiger partial charge in [-0.3, -0.25) is 4.18 Å². The molecule has 1 atom stereocenters. The highest BCUT2D eigenvalue weighted by Gasteiger charge is 2.49. The second-order valence-electron chi connectivity index (χ2n) is 8.39. The maximum atomic E-state index is 12.8. The zero-order chi connectivity index (χ0) is 22.4. The van der Waals surface area contributed by atoms with Crippen molar-refractivity contribution in [2.24, 2.45) is 0 Å². The monoisotopic (exact) mass is 445 g/mol. The van der Waals surface area contributed by atoms with Crippen LogP contribution in [0.1, 0.15) is 37.8 Å². The van der Waals surface area contributed by atoms with Crippen LogP contribution >= 0.6 is 0 Å². The Hall–Kier alpha value is -2.91. The van der Waals surface area contributed by atoms with Gasteiger partial charge in [0.05, 0.1) is 0 Å². The van der Waals surface area contributed by atoms with Gasteiger partial charge in [0.15, 0.2) is 6.04 Å². The molecule has 0 radical (unpaired) electrons. The van der Waals surface area contributed by atoms with Crippen molar-refractivity contribution in [3.8, 4) is 11.1 Å². The summed E-state index contributed by atoms with van der Waals surface area (Å²) >= 11 is 0. The van der Waals surface area contributed by atoms with E-state index in [-0.39, 0.29) is 12.5 Å². The molecule has 1 amide bonds. The zero-order valence-corrected chi connectivity index (χ0v) is 18.2. The topological polar surface area (TPSA) is 99.2 Å². The number of rotatable bonds is 3. The highest BCUT2D eigenvalue weighted by molar-refractivity contribution is 7.85. The van der Waals surface area contributed by atoms with E-state index in [1.165, 1.54) is 0 Å². The summed E-state index contributed by atoms with van der Waals surface area (Å²) < 4.78 is 40.2. The van der Waals surface area contributed by atoms with Crippen LogP contribution in [0.2, 0.25) is 0 Å². The van der Waals surface area contributed by atoms with Gasteiger partial charge in [0.2, 0.25) is 0 Å². The first-order chi connectivity index (χ1) is 14.6. The Morgan fingerprint density at radius 1 is 1.03 bits per heavy atom. The third-order valence-corrected chi connectivity index (χ3v) is 6.41. The van der Waals surface area contributed by atoms with Crippen molar-refractivity contribution in [2.45, 2.75) is 38.3 Å². The molecule has 1 saturated heterocycles. The second kappa shape index (κ2) is 7.65. The van der Waals surface area contributed by atoms with Crippen LogP contribution in [0.3, 0.4) is 0 Å². The Morgan fingerprint density at radius 2 is 1.58 bits per heavy atom. The molecular weight excluding hydrogens is 422 g/mol. The van der Waals surface area contributed by atoms with Gasteiger partial charge in [0.25, 0.3) is 0 Å². The fourth-order valence-corrected chi connectivity index (χ4v) is 4.95. The number of hydrogen-bond donors (Lipinski definition) is 0. The van der Waals surface area contributed by atoms with Crippen molar-refractivity contribution in [1.29, 1.82) is 0 Å². The van der Waals surface area contributed by atoms with Crippen molar-refractivity contribution < 1.29 is 31.7 Å². The van der Waals surface area contributed by atoms with Gasteiger partial charge in [0, 0.05) is 5.92 Å². The van der Waals surface area contributed by atoms with Crippen molar-refractivity contribution >= 4 is 22.4 Å². The average Bonchev–Trinajstić information content (AvgIpc) is 3.19. The van der Waals surface area contributed by atoms with E-state index in [0.717, 1.165) is 22.3 Å². The lowest BCUT2D eigenvalue weighted by Gasteiger charge is -2.25. The normalized spacial score (nSPS) is 19.6. The van der Waals surface area contributed by atoms with Crippen LogP contribution < -0.4 is 0 Å². The van der Waals surface area contributed by atoms with Crippen LogP contribution in [0, 0.1) is 0 Å². The average molecular weight is 445 g/mol. The molecule has 1 fully saturated rings. The SMILES string of the molecule is CC(C)(C)OC(=O)[C@@H]1COS(=O)(=O)N1C(=O)OCC1c2ccccc2-c2ccccc21. The van der Waals surface area contributed by atoms with Gasteiger partial charge in [-0.15, -0.1) is 0 Å². The summed E-state index contributed by atoms with van der Waals surface area (Å²) in [6, 6.07) is 14.1. The number of hydrogen-bond acceptors (Lipinski definition) is 7. The fourth-order valence-electron chi connectivity index (χ4n) is 3.84. The highest BCUT2D eigenvalue weighted by Crippen LogP contribution is 2.44. The smallest absolute Gasteiger partial charge is 0.426 e. The first kappa shape index (κ1) is 21.3. The number of nitrogens with zero attached hydrogens (tertiary/aromatic N) is 1. The molecular formula is C22H23NO7S. The van der Waals surface area contributed by atoms with E-state index in [0.29, 0.717) is 4.31 Å². The fraction of sp³-hybridized carbons (Fsp3) is 0.364. The summed E-state index contributed by atoms with van der Waals surface area (Å²) in [6.45, 7) is 4.34. The maximum absolute atomic E-state index is 12.8. The minimum Gasteiger partial charge on any atom is -0.458 e. The van der Waals surface area contributed by atoms with E-state index in [4.69, 9.17) is 13.7 Å². The largest absolute Gasteiger partial charge is 0.458 e. The molecule has 0 aromatic heterocycles. The lowest BCUT2D eigenvalue weighted by Crippen LogP contribution is -2.46. The number of carbonyl (C=O) groups excluding carboxylic acids is 2. The molecule has 2 aromatic carbocycles. The van der Waals surface area contributed by atoms with E-state index >= 15 is 0 Å². The van der Waals surface area contributed by atoms with Crippen molar-refractivity contribution in [2.75, 3.05) is 13.2 Å². The van der Waals surface area contributed by atoms with Gasteiger partial charge in [-0.2, -0.15) is 12.7 Å². The van der Waals surface area contributed by atoms with Crippen molar-refractivity contribution in [1.82, 2.24) is 4.31 Å². The predicted octanol–water partition coefficient (Wildman–Crippen LogP) is 3.22. The van der Waals surface area contributed by atoms with Crippen LogP contribution in [-0.2, 0) is 28.8 Å². The number of benzene rings is 2. The quantitative estimate of drug-likeness (QED) is 0.669. The third kappa shape index (κ3) is 4.03. The number of esters is 1. The standard InChI is InChI=1S/C22H23NO7S/c1-22(2,3)30-20(24)19-13-29-31(26,27)23(19)21(25)28-12-18-16-10-6-4-8-14(16)15-9-5-7-11-17(15)18/h4-11,18-19H,12-13H2,1-3H3/t19-/m0/s1. The first-order valence-corrected chi connectivity index (χ1v) is 11.2. The molecule has 0 unspecified atom stereocenters. The van der Waals surface area contributed by atoms with E-state index in [9.17, 15) is 18.0 Å². The Balaban J connectivity index is 1.55. The van der Waals surface area contributed by atoms with Gasteiger partial charge < -0.3 is 9.47 Å². The second-order valence-corrected chi connectivity index (χ2v) is 9.88. The van der Waals surface area contributed by atoms with Gasteiger partial charge in [-0.25, -0.2) is 9.59 Å². The Labute approximate surface area is 181 Å². The minimum absolute atomic E-state index is 0.0834. The van der Waals surface area contributed by atoms with Crippen molar-refractivity contribution in [3.05, 3.63) is 59.7 Å². The van der Waals surface area contributed by atoms with E-state index < -0.39 is 40.6 Å². The van der Waals surface area contributed by atoms with Gasteiger partial charge in [-0.1, -0.05) is 48.5 Å². The van der Waals surface area contributed by atoms with E-state index in [2.05, 4.69) is 0 Å². The molecule has 0 spiro atoms. The predicted molar refractivity (Wildman–Crippen MR) is 111 cm³/mol. The van der Waals surface area contributed by atoms with Gasteiger partial charge >= 0.3 is 22.4 Å². The zero-order valence-electron chi connectivity index (χ0n) is 17.4. The Bertz CT molecular complexity index is 1090. The summed E-state index contributed by atoms with van der Waals surface area (Å²) in [7, 11) is -4.44. The summed E-state index contributed by atoms with van der Waals surface area (Å²) in [4.78, 5) is 25.2. The first-order valence-electron chi connectivity index (χ1n) is 9.85. The molecule has 1 aliphatic carbocycles. The molecule has 2 aromatic rings. The van der Waals surface area contributed by atoms with Crippen molar-refractivity contribution in [3.63, 3.8) is 0 Å². The molecule has 8 nitrogen and oxygen atoms in total. The number of amides is 1. The molecule has 1 heterocycles. The summed E-state index contributed by atoms with van der Waals surface area (Å²) in [5.74, 6) is -1.12. The minimum atomic E-state index is -4.44. The molecule has 31 heavy (non-hydrogen) atoms. The van der Waals surface area contributed by atoms with Crippen LogP contribution in [0.4, 0.5) is 4.79 Å². The third-order valence-electron chi connectivity index (χ3n) is 5.09. The van der Waals surface area contributed by atoms with E-state index in [1.807, 2.05) is 48.5 Å². The summed E-state index contributed by atoms with van der Waals surface area (Å²) in [6.07, 6.45) is -1.17. The molecule has 1 aliphatic heterocycles. The van der Waals surface area contributed by atoms with Crippen LogP contribution in [-0.4, -0.2) is 49.6 Å². The summed E-state index contributed by atoms with van der Waals surface area (Å²) in [5, 5.41) is 0. The highest BCUT2D eigenvalue weighted by atomic mass is 32.2. The molecule has 2 aliphatic rings. The summed E-state index contributed by atoms with van der Waals surface area (Å²) in [5.41, 5.74) is 3.21. The molecule has 0 bridgehead atoms. The lowest BCUT2D eigenvalue weighted by atomic mass is 9.98. The van der Waals surface area contributed by atoms with Crippen LogP contribution in [0.25, 0.3) is 11.1 Å². The van der Waals surface area contributed by atoms with E-state index in [1.54, 1.807) is 20.8 Å². The number of fused-ring (bicyclic) bond motifs is 3. The van der Waals surface area contributed by atoms with Gasteiger partial charge in [-0.05, 0) is 43.0 Å². The molecule has 164 valence electrons. The Kier molecular flexibility index (Phi) is 5.26. The molecule has 4 rings (SSSR count).